The third-order valence-corrected chi connectivity index (χ3v) is 16.4. The van der Waals surface area contributed by atoms with E-state index in [1.807, 2.05) is 0 Å². The van der Waals surface area contributed by atoms with Crippen molar-refractivity contribution in [2.45, 2.75) is 5.41 Å². The van der Waals surface area contributed by atoms with E-state index in [0.717, 1.165) is 39.3 Å². The van der Waals surface area contributed by atoms with Gasteiger partial charge in [-0.1, -0.05) is 200 Å². The summed E-state index contributed by atoms with van der Waals surface area (Å²) < 4.78 is 8.96. The Labute approximate surface area is 440 Å². The van der Waals surface area contributed by atoms with Crippen LogP contribution in [0.25, 0.3) is 105 Å². The van der Waals surface area contributed by atoms with Gasteiger partial charge in [-0.25, -0.2) is 0 Å². The Balaban J connectivity index is 0.774. The molecule has 12 aromatic carbocycles. The van der Waals surface area contributed by atoms with Gasteiger partial charge < -0.3 is 13.9 Å². The van der Waals surface area contributed by atoms with Gasteiger partial charge >= 0.3 is 0 Å². The largest absolute Gasteiger partial charge is 0.456 e. The summed E-state index contributed by atoms with van der Waals surface area (Å²) in [5.74, 6) is 0. The first-order valence-electron chi connectivity index (χ1n) is 26.2. The second-order valence-corrected chi connectivity index (χ2v) is 20.3. The van der Waals surface area contributed by atoms with Crippen molar-refractivity contribution in [3.8, 4) is 61.3 Å². The lowest BCUT2D eigenvalue weighted by Crippen LogP contribution is -2.26. The molecular weight excluding hydrogens is 921 g/mol. The van der Waals surface area contributed by atoms with Crippen LogP contribution in [-0.2, 0) is 5.41 Å². The molecule has 2 heterocycles. The average molecular weight is 967 g/mol. The van der Waals surface area contributed by atoms with Gasteiger partial charge in [0.25, 0.3) is 0 Å². The minimum Gasteiger partial charge on any atom is -0.456 e. The number of nitrogens with zero attached hydrogens (tertiary/aromatic N) is 2. The number of furan rings is 1. The van der Waals surface area contributed by atoms with Crippen LogP contribution in [0.3, 0.4) is 0 Å². The highest BCUT2D eigenvalue weighted by Gasteiger charge is 2.53. The predicted molar refractivity (Wildman–Crippen MR) is 315 cm³/mol. The highest BCUT2D eigenvalue weighted by Crippen LogP contribution is 2.65. The fraction of sp³-hybridized carbons (Fsp3) is 0.0137. The Morgan fingerprint density at radius 3 is 1.36 bits per heavy atom. The number of para-hydroxylation sites is 3. The molecule has 0 saturated heterocycles. The van der Waals surface area contributed by atoms with Crippen molar-refractivity contribution in [3.05, 3.63) is 301 Å². The van der Waals surface area contributed by atoms with Crippen LogP contribution in [0.4, 0.5) is 17.1 Å². The third-order valence-electron chi connectivity index (χ3n) is 16.4. The van der Waals surface area contributed by atoms with Gasteiger partial charge in [0.15, 0.2) is 0 Å². The molecule has 1 spiro atoms. The first-order valence-corrected chi connectivity index (χ1v) is 26.2. The zero-order valence-electron chi connectivity index (χ0n) is 41.4. The van der Waals surface area contributed by atoms with E-state index in [0.29, 0.717) is 0 Å². The number of aromatic nitrogens is 1. The third kappa shape index (κ3) is 6.17. The van der Waals surface area contributed by atoms with Gasteiger partial charge in [-0.15, -0.1) is 0 Å². The number of benzene rings is 12. The first-order chi connectivity index (χ1) is 37.7. The molecule has 1 unspecified atom stereocenters. The van der Waals surface area contributed by atoms with Crippen molar-refractivity contribution in [2.24, 2.45) is 0 Å². The van der Waals surface area contributed by atoms with E-state index in [1.54, 1.807) is 0 Å². The highest BCUT2D eigenvalue weighted by molar-refractivity contribution is 6.14. The van der Waals surface area contributed by atoms with Crippen LogP contribution in [0.1, 0.15) is 22.3 Å². The zero-order chi connectivity index (χ0) is 49.9. The number of hydrogen-bond acceptors (Lipinski definition) is 2. The minimum atomic E-state index is -0.505. The van der Waals surface area contributed by atoms with Crippen LogP contribution in [0, 0.1) is 0 Å². The summed E-state index contributed by atoms with van der Waals surface area (Å²) in [6.07, 6.45) is 0. The quantitative estimate of drug-likeness (QED) is 0.159. The maximum absolute atomic E-state index is 6.59. The van der Waals surface area contributed by atoms with Crippen LogP contribution in [0.5, 0.6) is 0 Å². The topological polar surface area (TPSA) is 21.3 Å². The van der Waals surface area contributed by atoms with Crippen LogP contribution >= 0.6 is 0 Å². The van der Waals surface area contributed by atoms with Gasteiger partial charge in [0, 0.05) is 44.3 Å². The Morgan fingerprint density at radius 2 is 0.750 bits per heavy atom. The Bertz CT molecular complexity index is 4550. The van der Waals surface area contributed by atoms with Crippen molar-refractivity contribution >= 4 is 60.8 Å². The molecule has 0 aliphatic heterocycles. The summed E-state index contributed by atoms with van der Waals surface area (Å²) in [7, 11) is 0. The molecule has 1 atom stereocenters. The molecule has 3 heteroatoms. The second-order valence-electron chi connectivity index (χ2n) is 20.3. The van der Waals surface area contributed by atoms with Gasteiger partial charge in [-0.05, 0) is 157 Å². The van der Waals surface area contributed by atoms with E-state index < -0.39 is 5.41 Å². The Hall–Kier alpha value is -9.96. The maximum atomic E-state index is 6.59. The lowest BCUT2D eigenvalue weighted by molar-refractivity contribution is 0.668. The van der Waals surface area contributed by atoms with E-state index in [-0.39, 0.29) is 0 Å². The van der Waals surface area contributed by atoms with E-state index in [1.165, 1.54) is 105 Å². The average Bonchev–Trinajstić information content (AvgIpc) is 4.41. The SMILES string of the molecule is c1ccc(-c2ccc(N(c3ccc(-c4ccc(-n5c6ccccc6c6ccccc65)cc4)cc3)c3ccc(-c4ccc5c(c4)-c4ccccc4C54c5ccccc5-c5ccc6oc7ccccc7c6c54)cc3)cc2)cc1. The van der Waals surface area contributed by atoms with Crippen molar-refractivity contribution < 1.29 is 4.42 Å². The monoisotopic (exact) mass is 966 g/mol. The molecule has 2 aliphatic carbocycles. The summed E-state index contributed by atoms with van der Waals surface area (Å²) in [6.45, 7) is 0. The predicted octanol–water partition coefficient (Wildman–Crippen LogP) is 19.5. The molecule has 0 saturated carbocycles. The zero-order valence-corrected chi connectivity index (χ0v) is 41.4. The molecule has 76 heavy (non-hydrogen) atoms. The second kappa shape index (κ2) is 16.5. The van der Waals surface area contributed by atoms with Crippen molar-refractivity contribution in [3.63, 3.8) is 0 Å². The molecule has 14 aromatic rings. The van der Waals surface area contributed by atoms with Crippen molar-refractivity contribution in [2.75, 3.05) is 4.90 Å². The van der Waals surface area contributed by atoms with Crippen LogP contribution in [0.2, 0.25) is 0 Å². The Kier molecular flexibility index (Phi) is 9.25. The summed E-state index contributed by atoms with van der Waals surface area (Å²) >= 11 is 0. The molecule has 0 amide bonds. The molecule has 3 nitrogen and oxygen atoms in total. The smallest absolute Gasteiger partial charge is 0.135 e. The lowest BCUT2D eigenvalue weighted by Gasteiger charge is -2.31. The molecule has 2 aromatic heterocycles. The van der Waals surface area contributed by atoms with Crippen LogP contribution in [0.15, 0.2) is 283 Å². The fourth-order valence-electron chi connectivity index (χ4n) is 13.1. The number of rotatable bonds is 7. The summed E-state index contributed by atoms with van der Waals surface area (Å²) in [5.41, 5.74) is 25.6. The number of anilines is 3. The van der Waals surface area contributed by atoms with Gasteiger partial charge in [0.1, 0.15) is 11.2 Å². The number of fused-ring (bicyclic) bond motifs is 17. The molecule has 354 valence electrons. The highest BCUT2D eigenvalue weighted by atomic mass is 16.3. The van der Waals surface area contributed by atoms with Gasteiger partial charge in [0.2, 0.25) is 0 Å². The summed E-state index contributed by atoms with van der Waals surface area (Å²) in [5, 5.41) is 4.89. The van der Waals surface area contributed by atoms with Crippen molar-refractivity contribution in [1.82, 2.24) is 4.57 Å². The van der Waals surface area contributed by atoms with Gasteiger partial charge in [-0.2, -0.15) is 0 Å². The minimum absolute atomic E-state index is 0.505. The molecule has 0 fully saturated rings. The van der Waals surface area contributed by atoms with Crippen molar-refractivity contribution in [1.29, 1.82) is 0 Å². The fourth-order valence-corrected chi connectivity index (χ4v) is 13.1. The van der Waals surface area contributed by atoms with Crippen LogP contribution < -0.4 is 4.90 Å². The normalized spacial score (nSPS) is 14.1. The first kappa shape index (κ1) is 42.5. The van der Waals surface area contributed by atoms with Gasteiger partial charge in [0.05, 0.1) is 16.4 Å². The molecule has 16 rings (SSSR count). The van der Waals surface area contributed by atoms with E-state index in [9.17, 15) is 0 Å². The van der Waals surface area contributed by atoms with E-state index in [2.05, 4.69) is 289 Å². The number of hydrogen-bond donors (Lipinski definition) is 0. The molecular formula is C73H46N2O. The van der Waals surface area contributed by atoms with Crippen LogP contribution in [-0.4, -0.2) is 4.57 Å². The lowest BCUT2D eigenvalue weighted by atomic mass is 9.69. The maximum Gasteiger partial charge on any atom is 0.135 e. The summed E-state index contributed by atoms with van der Waals surface area (Å²) in [4.78, 5) is 2.37. The van der Waals surface area contributed by atoms with E-state index in [4.69, 9.17) is 4.42 Å². The standard InChI is InChI=1S/C73H46N2O/c1-2-14-47(15-3-1)48-26-35-53(36-27-48)74(54-37-28-49(29-38-54)50-30-41-56(42-31-50)75-67-23-11-6-18-59(67)60-19-7-12-24-68(60)75)55-39-32-51(33-40-55)52-34-44-66-63(46-52)58-17-5-10-22-65(58)73(66)64-21-9-4-16-57(64)61-43-45-70-71(72(61)73)62-20-8-13-25-69(62)76-70/h1-46H. The molecule has 0 bridgehead atoms. The molecule has 0 N–H and O–H groups in total. The molecule has 2 aliphatic rings. The van der Waals surface area contributed by atoms with Gasteiger partial charge in [-0.3, -0.25) is 0 Å². The van der Waals surface area contributed by atoms with E-state index >= 15 is 0 Å². The summed E-state index contributed by atoms with van der Waals surface area (Å²) in [6, 6.07) is 102. The molecule has 0 radical (unpaired) electrons. The Morgan fingerprint density at radius 1 is 0.303 bits per heavy atom.